The lowest BCUT2D eigenvalue weighted by Crippen LogP contribution is -2.33. The van der Waals surface area contributed by atoms with Crippen LogP contribution in [0.3, 0.4) is 0 Å². The second-order valence-electron chi connectivity index (χ2n) is 4.30. The second kappa shape index (κ2) is 7.16. The summed E-state index contributed by atoms with van der Waals surface area (Å²) in [6.07, 6.45) is 0.990. The molecule has 0 aliphatic heterocycles. The predicted octanol–water partition coefficient (Wildman–Crippen LogP) is 4.08. The Morgan fingerprint density at radius 2 is 1.94 bits per heavy atom. The maximum absolute atomic E-state index is 6.10. The summed E-state index contributed by atoms with van der Waals surface area (Å²) in [5.41, 5.74) is 1.14. The molecule has 1 aromatic rings. The van der Waals surface area contributed by atoms with Crippen molar-refractivity contribution < 1.29 is 0 Å². The van der Waals surface area contributed by atoms with Gasteiger partial charge in [-0.05, 0) is 24.0 Å². The lowest BCUT2D eigenvalue weighted by Gasteiger charge is -2.21. The predicted molar refractivity (Wildman–Crippen MR) is 72.3 cm³/mol. The van der Waals surface area contributed by atoms with Crippen molar-refractivity contribution in [1.82, 2.24) is 5.32 Å². The van der Waals surface area contributed by atoms with Gasteiger partial charge in [-0.2, -0.15) is 0 Å². The van der Waals surface area contributed by atoms with Crippen molar-refractivity contribution in [3.63, 3.8) is 0 Å². The van der Waals surface area contributed by atoms with Gasteiger partial charge < -0.3 is 5.32 Å². The van der Waals surface area contributed by atoms with Crippen LogP contribution in [0.15, 0.2) is 24.3 Å². The van der Waals surface area contributed by atoms with Gasteiger partial charge in [-0.3, -0.25) is 0 Å². The van der Waals surface area contributed by atoms with E-state index in [4.69, 9.17) is 23.2 Å². The number of rotatable bonds is 6. The Morgan fingerprint density at radius 1 is 1.25 bits per heavy atom. The van der Waals surface area contributed by atoms with E-state index in [9.17, 15) is 0 Å². The van der Waals surface area contributed by atoms with Crippen molar-refractivity contribution in [1.29, 1.82) is 0 Å². The van der Waals surface area contributed by atoms with Crippen molar-refractivity contribution in [3.8, 4) is 0 Å². The molecule has 0 bridgehead atoms. The van der Waals surface area contributed by atoms with Crippen LogP contribution in [0.1, 0.15) is 25.8 Å². The van der Waals surface area contributed by atoms with Crippen LogP contribution in [0.2, 0.25) is 5.02 Å². The van der Waals surface area contributed by atoms with E-state index in [2.05, 4.69) is 19.2 Å². The van der Waals surface area contributed by atoms with E-state index in [1.54, 1.807) is 0 Å². The van der Waals surface area contributed by atoms with Crippen molar-refractivity contribution in [3.05, 3.63) is 34.9 Å². The van der Waals surface area contributed by atoms with Crippen LogP contribution in [-0.4, -0.2) is 11.9 Å². The summed E-state index contributed by atoms with van der Waals surface area (Å²) in [5.74, 6) is 1.28. The number of nitrogens with one attached hydrogen (secondary N) is 1. The van der Waals surface area contributed by atoms with E-state index in [0.717, 1.165) is 23.6 Å². The van der Waals surface area contributed by atoms with Crippen molar-refractivity contribution in [2.75, 3.05) is 5.88 Å². The number of alkyl halides is 1. The van der Waals surface area contributed by atoms with E-state index < -0.39 is 0 Å². The maximum Gasteiger partial charge on any atom is 0.0450 e. The summed E-state index contributed by atoms with van der Waals surface area (Å²) in [4.78, 5) is 0. The summed E-state index contributed by atoms with van der Waals surface area (Å²) in [6, 6.07) is 8.38. The van der Waals surface area contributed by atoms with Crippen molar-refractivity contribution >= 4 is 23.2 Å². The minimum absolute atomic E-state index is 0.453. The Morgan fingerprint density at radius 3 is 2.50 bits per heavy atom. The Hall–Kier alpha value is -0.240. The molecule has 0 amide bonds. The van der Waals surface area contributed by atoms with Gasteiger partial charge in [0.15, 0.2) is 0 Å². The summed E-state index contributed by atoms with van der Waals surface area (Å²) in [6.45, 7) is 5.22. The normalized spacial score (nSPS) is 13.1. The molecule has 0 heterocycles. The van der Waals surface area contributed by atoms with E-state index >= 15 is 0 Å². The third-order valence-electron chi connectivity index (χ3n) is 2.74. The summed E-state index contributed by atoms with van der Waals surface area (Å²) in [7, 11) is 0. The lowest BCUT2D eigenvalue weighted by atomic mass is 10.0. The van der Waals surface area contributed by atoms with E-state index in [0.29, 0.717) is 17.8 Å². The molecule has 90 valence electrons. The molecular weight excluding hydrogens is 241 g/mol. The average Bonchev–Trinajstić information content (AvgIpc) is 2.26. The molecule has 0 radical (unpaired) electrons. The molecule has 0 spiro atoms. The highest BCUT2D eigenvalue weighted by molar-refractivity contribution is 6.31. The van der Waals surface area contributed by atoms with E-state index in [1.807, 2.05) is 24.3 Å². The fourth-order valence-electron chi connectivity index (χ4n) is 1.67. The summed E-state index contributed by atoms with van der Waals surface area (Å²) < 4.78 is 0. The third kappa shape index (κ3) is 4.32. The Labute approximate surface area is 108 Å². The molecular formula is C13H19Cl2N. The number of hydrogen-bond donors (Lipinski definition) is 1. The van der Waals surface area contributed by atoms with Gasteiger partial charge in [-0.1, -0.05) is 43.6 Å². The zero-order chi connectivity index (χ0) is 12.0. The molecule has 0 aromatic heterocycles. The maximum atomic E-state index is 6.10. The molecule has 3 heteroatoms. The van der Waals surface area contributed by atoms with Gasteiger partial charge in [-0.25, -0.2) is 0 Å². The largest absolute Gasteiger partial charge is 0.310 e. The fraction of sp³-hybridized carbons (Fsp3) is 0.538. The SMILES string of the molecule is CC(C)C(CCCl)NCc1ccccc1Cl. The Bertz CT molecular complexity index is 313. The van der Waals surface area contributed by atoms with Gasteiger partial charge in [-0.15, -0.1) is 11.6 Å². The minimum atomic E-state index is 0.453. The van der Waals surface area contributed by atoms with Crippen LogP contribution < -0.4 is 5.32 Å². The Kier molecular flexibility index (Phi) is 6.18. The molecule has 1 N–H and O–H groups in total. The van der Waals surface area contributed by atoms with Crippen LogP contribution in [0.5, 0.6) is 0 Å². The van der Waals surface area contributed by atoms with E-state index in [1.165, 1.54) is 0 Å². The van der Waals surface area contributed by atoms with Crippen LogP contribution in [-0.2, 0) is 6.54 Å². The zero-order valence-electron chi connectivity index (χ0n) is 9.84. The van der Waals surface area contributed by atoms with Gasteiger partial charge in [0, 0.05) is 23.5 Å². The molecule has 1 rings (SSSR count). The first-order valence-electron chi connectivity index (χ1n) is 5.68. The van der Waals surface area contributed by atoms with Crippen LogP contribution >= 0.6 is 23.2 Å². The van der Waals surface area contributed by atoms with Crippen LogP contribution in [0, 0.1) is 5.92 Å². The molecule has 0 saturated carbocycles. The molecule has 1 aromatic carbocycles. The number of benzene rings is 1. The molecule has 0 aliphatic rings. The standard InChI is InChI=1S/C13H19Cl2N/c1-10(2)13(7-8-14)16-9-11-5-3-4-6-12(11)15/h3-6,10,13,16H,7-9H2,1-2H3. The average molecular weight is 260 g/mol. The van der Waals surface area contributed by atoms with Crippen LogP contribution in [0.4, 0.5) is 0 Å². The molecule has 0 saturated heterocycles. The highest BCUT2D eigenvalue weighted by atomic mass is 35.5. The van der Waals surface area contributed by atoms with Crippen LogP contribution in [0.25, 0.3) is 0 Å². The molecule has 0 aliphatic carbocycles. The smallest absolute Gasteiger partial charge is 0.0450 e. The minimum Gasteiger partial charge on any atom is -0.310 e. The van der Waals surface area contributed by atoms with E-state index in [-0.39, 0.29) is 0 Å². The van der Waals surface area contributed by atoms with Gasteiger partial charge >= 0.3 is 0 Å². The summed E-state index contributed by atoms with van der Waals surface area (Å²) >= 11 is 11.9. The van der Waals surface area contributed by atoms with Crippen molar-refractivity contribution in [2.45, 2.75) is 32.9 Å². The molecule has 0 fully saturated rings. The fourth-order valence-corrected chi connectivity index (χ4v) is 2.11. The summed E-state index contributed by atoms with van der Waals surface area (Å²) in [5, 5.41) is 4.33. The third-order valence-corrected chi connectivity index (χ3v) is 3.32. The van der Waals surface area contributed by atoms with Gasteiger partial charge in [0.2, 0.25) is 0 Å². The van der Waals surface area contributed by atoms with Crippen molar-refractivity contribution in [2.24, 2.45) is 5.92 Å². The van der Waals surface area contributed by atoms with Gasteiger partial charge in [0.1, 0.15) is 0 Å². The molecule has 1 unspecified atom stereocenters. The lowest BCUT2D eigenvalue weighted by molar-refractivity contribution is 0.389. The number of hydrogen-bond acceptors (Lipinski definition) is 1. The zero-order valence-corrected chi connectivity index (χ0v) is 11.4. The quantitative estimate of drug-likeness (QED) is 0.760. The highest BCUT2D eigenvalue weighted by Crippen LogP contribution is 2.16. The first-order valence-corrected chi connectivity index (χ1v) is 6.59. The molecule has 16 heavy (non-hydrogen) atoms. The first-order chi connectivity index (χ1) is 7.65. The first kappa shape index (κ1) is 13.8. The molecule has 1 atom stereocenters. The monoisotopic (exact) mass is 259 g/mol. The topological polar surface area (TPSA) is 12.0 Å². The molecule has 1 nitrogen and oxygen atoms in total. The van der Waals surface area contributed by atoms with Gasteiger partial charge in [0.05, 0.1) is 0 Å². The number of halogens is 2. The highest BCUT2D eigenvalue weighted by Gasteiger charge is 2.12. The Balaban J connectivity index is 2.52. The van der Waals surface area contributed by atoms with Gasteiger partial charge in [0.25, 0.3) is 0 Å². The second-order valence-corrected chi connectivity index (χ2v) is 5.09.